The van der Waals surface area contributed by atoms with Crippen LogP contribution in [-0.4, -0.2) is 26.1 Å². The minimum atomic E-state index is -0.448. The van der Waals surface area contributed by atoms with Crippen LogP contribution in [0.15, 0.2) is 29.1 Å². The smallest absolute Gasteiger partial charge is 0.340 e. The number of hydrogen-bond acceptors (Lipinski definition) is 4. The predicted octanol–water partition coefficient (Wildman–Crippen LogP) is 1.02. The van der Waals surface area contributed by atoms with Gasteiger partial charge in [-0.25, -0.2) is 14.3 Å². The van der Waals surface area contributed by atoms with Crippen molar-refractivity contribution in [3.05, 3.63) is 57.6 Å². The maximum atomic E-state index is 13.4. The van der Waals surface area contributed by atoms with E-state index in [0.29, 0.717) is 28.0 Å². The molecule has 3 aromatic rings. The van der Waals surface area contributed by atoms with Crippen molar-refractivity contribution in [2.75, 3.05) is 0 Å². The van der Waals surface area contributed by atoms with E-state index in [0.717, 1.165) is 0 Å². The summed E-state index contributed by atoms with van der Waals surface area (Å²) in [5.41, 5.74) is 1.06. The van der Waals surface area contributed by atoms with Gasteiger partial charge in [0.05, 0.1) is 17.6 Å². The number of nitrogens with one attached hydrogen (secondary N) is 3. The van der Waals surface area contributed by atoms with Crippen molar-refractivity contribution < 1.29 is 9.18 Å². The second kappa shape index (κ2) is 5.40. The summed E-state index contributed by atoms with van der Waals surface area (Å²) in [6.45, 7) is 1.81. The number of rotatable bonds is 3. The summed E-state index contributed by atoms with van der Waals surface area (Å²) < 4.78 is 13.4. The van der Waals surface area contributed by atoms with Crippen LogP contribution in [0.5, 0.6) is 0 Å². The maximum absolute atomic E-state index is 13.4. The monoisotopic (exact) mass is 301 g/mol. The van der Waals surface area contributed by atoms with Crippen LogP contribution in [0.4, 0.5) is 4.39 Å². The lowest BCUT2D eigenvalue weighted by molar-refractivity contribution is 0.0951. The molecule has 2 aromatic heterocycles. The molecule has 0 saturated heterocycles. The van der Waals surface area contributed by atoms with E-state index in [9.17, 15) is 14.0 Å². The Labute approximate surface area is 123 Å². The normalized spacial score (nSPS) is 10.8. The molecule has 22 heavy (non-hydrogen) atoms. The number of nitrogens with zero attached hydrogens (tertiary/aromatic N) is 2. The molecular weight excluding hydrogens is 289 g/mol. The van der Waals surface area contributed by atoms with Crippen LogP contribution in [-0.2, 0) is 6.54 Å². The van der Waals surface area contributed by atoms with Crippen LogP contribution in [0, 0.1) is 12.7 Å². The van der Waals surface area contributed by atoms with Crippen molar-refractivity contribution in [1.82, 2.24) is 25.5 Å². The first-order valence-electron chi connectivity index (χ1n) is 6.51. The predicted molar refractivity (Wildman–Crippen MR) is 76.8 cm³/mol. The first-order chi connectivity index (χ1) is 10.5. The number of hydrogen-bond donors (Lipinski definition) is 3. The highest BCUT2D eigenvalue weighted by Crippen LogP contribution is 2.19. The minimum absolute atomic E-state index is 0.0513. The molecule has 7 nitrogen and oxygen atoms in total. The number of aryl methyl sites for hydroxylation is 1. The molecule has 8 heteroatoms. The molecule has 112 valence electrons. The molecule has 0 saturated carbocycles. The van der Waals surface area contributed by atoms with Crippen molar-refractivity contribution in [1.29, 1.82) is 0 Å². The zero-order valence-electron chi connectivity index (χ0n) is 11.6. The van der Waals surface area contributed by atoms with Crippen LogP contribution in [0.1, 0.15) is 21.9 Å². The summed E-state index contributed by atoms with van der Waals surface area (Å²) in [6.07, 6.45) is 0. The Morgan fingerprint density at radius 2 is 2.18 bits per heavy atom. The molecule has 0 spiro atoms. The molecule has 1 amide bonds. The first-order valence-corrected chi connectivity index (χ1v) is 6.51. The Morgan fingerprint density at radius 1 is 1.36 bits per heavy atom. The number of halogens is 1. The summed E-state index contributed by atoms with van der Waals surface area (Å²) in [6, 6.07) is 5.68. The van der Waals surface area contributed by atoms with Gasteiger partial charge >= 0.3 is 5.69 Å². The number of aromatic nitrogens is 4. The van der Waals surface area contributed by atoms with E-state index >= 15 is 0 Å². The molecular formula is C14H12FN5O2. The Balaban J connectivity index is 1.92. The molecule has 0 aliphatic heterocycles. The van der Waals surface area contributed by atoms with Crippen LogP contribution in [0.25, 0.3) is 10.9 Å². The van der Waals surface area contributed by atoms with Crippen molar-refractivity contribution in [3.8, 4) is 0 Å². The molecule has 1 aromatic carbocycles. The highest BCUT2D eigenvalue weighted by Gasteiger charge is 2.13. The van der Waals surface area contributed by atoms with Gasteiger partial charge in [-0.1, -0.05) is 0 Å². The van der Waals surface area contributed by atoms with Crippen LogP contribution >= 0.6 is 0 Å². The van der Waals surface area contributed by atoms with Gasteiger partial charge in [-0.2, -0.15) is 5.10 Å². The molecule has 0 radical (unpaired) electrons. The molecule has 0 fully saturated rings. The van der Waals surface area contributed by atoms with Gasteiger partial charge < -0.3 is 5.32 Å². The number of benzene rings is 1. The van der Waals surface area contributed by atoms with E-state index in [4.69, 9.17) is 0 Å². The second-order valence-electron chi connectivity index (χ2n) is 4.78. The van der Waals surface area contributed by atoms with E-state index < -0.39 is 17.4 Å². The molecule has 0 unspecified atom stereocenters. The maximum Gasteiger partial charge on any atom is 0.340 e. The fourth-order valence-corrected chi connectivity index (χ4v) is 2.17. The van der Waals surface area contributed by atoms with E-state index in [-0.39, 0.29) is 6.54 Å². The van der Waals surface area contributed by atoms with Gasteiger partial charge in [-0.15, -0.1) is 0 Å². The SMILES string of the molecule is Cc1cc(C(=O)NCc2n[nH]c(=O)[nH]2)c2cc(F)ccc2n1. The Bertz CT molecular complexity index is 915. The number of carbonyl (C=O) groups excluding carboxylic acids is 1. The number of pyridine rings is 1. The van der Waals surface area contributed by atoms with Crippen LogP contribution in [0.3, 0.4) is 0 Å². The van der Waals surface area contributed by atoms with E-state index in [1.165, 1.54) is 18.2 Å². The zero-order chi connectivity index (χ0) is 15.7. The summed E-state index contributed by atoms with van der Waals surface area (Å²) in [4.78, 5) is 29.9. The first kappa shape index (κ1) is 13.9. The van der Waals surface area contributed by atoms with Gasteiger partial charge in [-0.05, 0) is 31.2 Å². The second-order valence-corrected chi connectivity index (χ2v) is 4.78. The number of aromatic amines is 2. The summed E-state index contributed by atoms with van der Waals surface area (Å²) in [5, 5.41) is 8.96. The van der Waals surface area contributed by atoms with Gasteiger partial charge in [-0.3, -0.25) is 14.8 Å². The van der Waals surface area contributed by atoms with Crippen molar-refractivity contribution in [2.24, 2.45) is 0 Å². The molecule has 3 N–H and O–H groups in total. The van der Waals surface area contributed by atoms with Gasteiger partial charge in [0.25, 0.3) is 5.91 Å². The highest BCUT2D eigenvalue weighted by molar-refractivity contribution is 6.06. The van der Waals surface area contributed by atoms with Crippen molar-refractivity contribution in [2.45, 2.75) is 13.5 Å². The fourth-order valence-electron chi connectivity index (χ4n) is 2.17. The average molecular weight is 301 g/mol. The third-order valence-electron chi connectivity index (χ3n) is 3.11. The van der Waals surface area contributed by atoms with Crippen LogP contribution in [0.2, 0.25) is 0 Å². The molecule has 0 aliphatic rings. The van der Waals surface area contributed by atoms with E-state index in [1.807, 2.05) is 0 Å². The summed E-state index contributed by atoms with van der Waals surface area (Å²) in [7, 11) is 0. The van der Waals surface area contributed by atoms with Gasteiger partial charge in [0.15, 0.2) is 0 Å². The number of carbonyl (C=O) groups is 1. The topological polar surface area (TPSA) is 104 Å². The minimum Gasteiger partial charge on any atom is -0.345 e. The van der Waals surface area contributed by atoms with E-state index in [2.05, 4.69) is 25.5 Å². The van der Waals surface area contributed by atoms with Gasteiger partial charge in [0, 0.05) is 11.1 Å². The molecule has 0 atom stereocenters. The highest BCUT2D eigenvalue weighted by atomic mass is 19.1. The van der Waals surface area contributed by atoms with Crippen molar-refractivity contribution in [3.63, 3.8) is 0 Å². The lowest BCUT2D eigenvalue weighted by Crippen LogP contribution is -2.24. The summed E-state index contributed by atoms with van der Waals surface area (Å²) in [5.74, 6) is -0.534. The van der Waals surface area contributed by atoms with E-state index in [1.54, 1.807) is 13.0 Å². The molecule has 0 aliphatic carbocycles. The molecule has 0 bridgehead atoms. The Kier molecular flexibility index (Phi) is 3.42. The Hall–Kier alpha value is -3.03. The standard InChI is InChI=1S/C14H12FN5O2/c1-7-4-10(9-5-8(15)2-3-11(9)17-7)13(21)16-6-12-18-14(22)20-19-12/h2-5H,6H2,1H3,(H,16,21)(H2,18,19,20,22). The third kappa shape index (κ3) is 2.71. The molecule has 3 rings (SSSR count). The Morgan fingerprint density at radius 3 is 2.91 bits per heavy atom. The zero-order valence-corrected chi connectivity index (χ0v) is 11.6. The summed E-state index contributed by atoms with van der Waals surface area (Å²) >= 11 is 0. The average Bonchev–Trinajstić information content (AvgIpc) is 2.90. The van der Waals surface area contributed by atoms with Crippen molar-refractivity contribution >= 4 is 16.8 Å². The largest absolute Gasteiger partial charge is 0.345 e. The molecule has 2 heterocycles. The number of fused-ring (bicyclic) bond motifs is 1. The fraction of sp³-hybridized carbons (Fsp3) is 0.143. The van der Waals surface area contributed by atoms with Gasteiger partial charge in [0.1, 0.15) is 11.6 Å². The lowest BCUT2D eigenvalue weighted by atomic mass is 10.1. The van der Waals surface area contributed by atoms with Gasteiger partial charge in [0.2, 0.25) is 0 Å². The van der Waals surface area contributed by atoms with Crippen LogP contribution < -0.4 is 11.0 Å². The lowest BCUT2D eigenvalue weighted by Gasteiger charge is -2.08. The quantitative estimate of drug-likeness (QED) is 0.672. The number of amides is 1. The third-order valence-corrected chi connectivity index (χ3v) is 3.11. The number of H-pyrrole nitrogens is 2.